The van der Waals surface area contributed by atoms with E-state index < -0.39 is 0 Å². The van der Waals surface area contributed by atoms with Crippen molar-refractivity contribution in [2.24, 2.45) is 5.92 Å². The molecule has 0 aromatic heterocycles. The third kappa shape index (κ3) is 5.68. The van der Waals surface area contributed by atoms with Crippen LogP contribution in [0.5, 0.6) is 0 Å². The molecule has 0 aromatic carbocycles. The van der Waals surface area contributed by atoms with Crippen molar-refractivity contribution in [1.29, 1.82) is 0 Å². The minimum Gasteiger partial charge on any atom is -0.390 e. The molecule has 1 fully saturated rings. The predicted molar refractivity (Wildman–Crippen MR) is 77.8 cm³/mol. The Kier molecular flexibility index (Phi) is 7.87. The van der Waals surface area contributed by atoms with Crippen LogP contribution in [-0.4, -0.2) is 48.8 Å². The van der Waals surface area contributed by atoms with Crippen LogP contribution in [0.2, 0.25) is 0 Å². The summed E-state index contributed by atoms with van der Waals surface area (Å²) in [6, 6.07) is 0.689. The number of nitrogens with zero attached hydrogens (tertiary/aromatic N) is 1. The van der Waals surface area contributed by atoms with Gasteiger partial charge in [0.2, 0.25) is 0 Å². The van der Waals surface area contributed by atoms with Crippen LogP contribution in [0.25, 0.3) is 0 Å². The maximum atomic E-state index is 9.97. The van der Waals surface area contributed by atoms with Gasteiger partial charge >= 0.3 is 0 Å². The highest BCUT2D eigenvalue weighted by molar-refractivity contribution is 4.79. The van der Waals surface area contributed by atoms with E-state index in [0.29, 0.717) is 6.04 Å². The minimum absolute atomic E-state index is 0.231. The van der Waals surface area contributed by atoms with Crippen LogP contribution < -0.4 is 5.32 Å². The summed E-state index contributed by atoms with van der Waals surface area (Å²) in [5, 5.41) is 13.3. The minimum atomic E-state index is -0.231. The average molecular weight is 256 g/mol. The third-order valence-electron chi connectivity index (χ3n) is 4.32. The van der Waals surface area contributed by atoms with E-state index in [0.717, 1.165) is 32.0 Å². The van der Waals surface area contributed by atoms with Crippen molar-refractivity contribution in [1.82, 2.24) is 10.2 Å². The van der Waals surface area contributed by atoms with E-state index in [1.165, 1.54) is 32.1 Å². The fourth-order valence-corrected chi connectivity index (χ4v) is 2.99. The molecule has 1 aliphatic rings. The van der Waals surface area contributed by atoms with Gasteiger partial charge in [-0.1, -0.05) is 20.3 Å². The van der Waals surface area contributed by atoms with Gasteiger partial charge in [0.1, 0.15) is 0 Å². The Balaban J connectivity index is 2.17. The molecule has 3 heteroatoms. The average Bonchev–Trinajstić information content (AvgIpc) is 2.39. The Morgan fingerprint density at radius 1 is 1.22 bits per heavy atom. The second-order valence-electron chi connectivity index (χ2n) is 5.88. The first-order valence-electron chi connectivity index (χ1n) is 7.76. The molecule has 0 amide bonds. The summed E-state index contributed by atoms with van der Waals surface area (Å²) in [5.74, 6) is 0.950. The van der Waals surface area contributed by atoms with Crippen LogP contribution >= 0.6 is 0 Å². The Morgan fingerprint density at radius 3 is 2.44 bits per heavy atom. The molecular weight excluding hydrogens is 224 g/mol. The quantitative estimate of drug-likeness (QED) is 0.654. The summed E-state index contributed by atoms with van der Waals surface area (Å²) in [7, 11) is 2.17. The molecule has 0 bridgehead atoms. The van der Waals surface area contributed by atoms with Gasteiger partial charge in [-0.2, -0.15) is 0 Å². The first kappa shape index (κ1) is 15.9. The van der Waals surface area contributed by atoms with Crippen molar-refractivity contribution in [2.45, 2.75) is 64.5 Å². The van der Waals surface area contributed by atoms with Crippen LogP contribution in [0.4, 0.5) is 0 Å². The van der Waals surface area contributed by atoms with Gasteiger partial charge in [0.25, 0.3) is 0 Å². The molecule has 3 nitrogen and oxygen atoms in total. The highest BCUT2D eigenvalue weighted by Crippen LogP contribution is 2.28. The molecule has 1 saturated carbocycles. The molecule has 0 saturated heterocycles. The zero-order valence-corrected chi connectivity index (χ0v) is 12.5. The lowest BCUT2D eigenvalue weighted by atomic mass is 9.84. The monoisotopic (exact) mass is 256 g/mol. The van der Waals surface area contributed by atoms with Crippen LogP contribution in [0.1, 0.15) is 52.4 Å². The molecule has 18 heavy (non-hydrogen) atoms. The molecule has 0 radical (unpaired) electrons. The van der Waals surface area contributed by atoms with Crippen molar-refractivity contribution in [3.8, 4) is 0 Å². The van der Waals surface area contributed by atoms with Crippen LogP contribution in [0.15, 0.2) is 0 Å². The van der Waals surface area contributed by atoms with Gasteiger partial charge in [0, 0.05) is 19.1 Å². The molecule has 2 N–H and O–H groups in total. The first-order valence-corrected chi connectivity index (χ1v) is 7.76. The SMILES string of the molecule is CCCNCC(O)CN(C)C1CCC(CC)CC1. The first-order chi connectivity index (χ1) is 8.67. The largest absolute Gasteiger partial charge is 0.390 e. The molecule has 108 valence electrons. The highest BCUT2D eigenvalue weighted by atomic mass is 16.3. The topological polar surface area (TPSA) is 35.5 Å². The van der Waals surface area contributed by atoms with Crippen molar-refractivity contribution >= 4 is 0 Å². The van der Waals surface area contributed by atoms with Gasteiger partial charge in [0.15, 0.2) is 0 Å². The zero-order valence-electron chi connectivity index (χ0n) is 12.5. The Morgan fingerprint density at radius 2 is 1.89 bits per heavy atom. The van der Waals surface area contributed by atoms with Crippen molar-refractivity contribution < 1.29 is 5.11 Å². The number of aliphatic hydroxyl groups is 1. The van der Waals surface area contributed by atoms with Crippen LogP contribution in [0, 0.1) is 5.92 Å². The van der Waals surface area contributed by atoms with E-state index in [4.69, 9.17) is 0 Å². The van der Waals surface area contributed by atoms with Gasteiger partial charge in [0.05, 0.1) is 6.10 Å². The van der Waals surface area contributed by atoms with Crippen molar-refractivity contribution in [2.75, 3.05) is 26.7 Å². The number of rotatable bonds is 8. The molecular formula is C15H32N2O. The third-order valence-corrected chi connectivity index (χ3v) is 4.32. The van der Waals surface area contributed by atoms with E-state index in [9.17, 15) is 5.11 Å². The van der Waals surface area contributed by atoms with Gasteiger partial charge in [-0.15, -0.1) is 0 Å². The zero-order chi connectivity index (χ0) is 13.4. The van der Waals surface area contributed by atoms with E-state index in [2.05, 4.69) is 31.1 Å². The number of likely N-dealkylation sites (N-methyl/N-ethyl adjacent to an activating group) is 1. The molecule has 1 atom stereocenters. The fraction of sp³-hybridized carbons (Fsp3) is 1.00. The molecule has 0 aliphatic heterocycles. The number of hydrogen-bond acceptors (Lipinski definition) is 3. The maximum absolute atomic E-state index is 9.97. The Hall–Kier alpha value is -0.120. The smallest absolute Gasteiger partial charge is 0.0791 e. The normalized spacial score (nSPS) is 26.5. The Bertz CT molecular complexity index is 203. The summed E-state index contributed by atoms with van der Waals surface area (Å²) >= 11 is 0. The summed E-state index contributed by atoms with van der Waals surface area (Å²) in [4.78, 5) is 2.37. The molecule has 0 aromatic rings. The summed E-state index contributed by atoms with van der Waals surface area (Å²) in [5.41, 5.74) is 0. The van der Waals surface area contributed by atoms with Gasteiger partial charge in [-0.05, 0) is 51.6 Å². The van der Waals surface area contributed by atoms with E-state index >= 15 is 0 Å². The molecule has 0 spiro atoms. The number of nitrogens with one attached hydrogen (secondary N) is 1. The van der Waals surface area contributed by atoms with E-state index in [1.807, 2.05) is 0 Å². The molecule has 1 unspecified atom stereocenters. The number of aliphatic hydroxyl groups excluding tert-OH is 1. The molecule has 1 aliphatic carbocycles. The summed E-state index contributed by atoms with van der Waals surface area (Å²) < 4.78 is 0. The standard InChI is InChI=1S/C15H32N2O/c1-4-10-16-11-15(18)12-17(3)14-8-6-13(5-2)7-9-14/h13-16,18H,4-12H2,1-3H3. The predicted octanol–water partition coefficient (Wildman–Crippen LogP) is 2.25. The van der Waals surface area contributed by atoms with E-state index in [1.54, 1.807) is 0 Å². The fourth-order valence-electron chi connectivity index (χ4n) is 2.99. The lowest BCUT2D eigenvalue weighted by Crippen LogP contribution is -2.42. The number of hydrogen-bond donors (Lipinski definition) is 2. The van der Waals surface area contributed by atoms with Gasteiger partial charge in [-0.25, -0.2) is 0 Å². The van der Waals surface area contributed by atoms with Crippen molar-refractivity contribution in [3.05, 3.63) is 0 Å². The maximum Gasteiger partial charge on any atom is 0.0791 e. The lowest BCUT2D eigenvalue weighted by Gasteiger charge is -2.35. The summed E-state index contributed by atoms with van der Waals surface area (Å²) in [6.45, 7) is 6.98. The molecule has 1 rings (SSSR count). The van der Waals surface area contributed by atoms with E-state index in [-0.39, 0.29) is 6.10 Å². The van der Waals surface area contributed by atoms with Crippen LogP contribution in [-0.2, 0) is 0 Å². The second kappa shape index (κ2) is 8.89. The lowest BCUT2D eigenvalue weighted by molar-refractivity contribution is 0.0837. The van der Waals surface area contributed by atoms with Gasteiger partial charge in [-0.3, -0.25) is 0 Å². The van der Waals surface area contributed by atoms with Crippen LogP contribution in [0.3, 0.4) is 0 Å². The molecule has 0 heterocycles. The second-order valence-corrected chi connectivity index (χ2v) is 5.88. The summed E-state index contributed by atoms with van der Waals surface area (Å²) in [6.07, 6.45) is 7.59. The highest BCUT2D eigenvalue weighted by Gasteiger charge is 2.23. The Labute approximate surface area is 113 Å². The van der Waals surface area contributed by atoms with Gasteiger partial charge < -0.3 is 15.3 Å². The van der Waals surface area contributed by atoms with Crippen molar-refractivity contribution in [3.63, 3.8) is 0 Å².